The minimum atomic E-state index is 0.210. The molecule has 0 saturated carbocycles. The molecule has 2 aromatic rings. The standard InChI is InChI=1S/C15H17ClN2O3/c1-8(2)12-9(10-7-18-21-15(10)17)6-11(16)13-14(12)20-5-3-4-19-13/h6-8H,3-5,17H2,1-2H3. The van der Waals surface area contributed by atoms with Crippen molar-refractivity contribution in [2.24, 2.45) is 0 Å². The number of hydrogen-bond donors (Lipinski definition) is 1. The van der Waals surface area contributed by atoms with E-state index in [9.17, 15) is 0 Å². The van der Waals surface area contributed by atoms with Gasteiger partial charge in [-0.1, -0.05) is 30.6 Å². The number of nitrogen functional groups attached to an aromatic ring is 1. The highest BCUT2D eigenvalue weighted by Crippen LogP contribution is 2.48. The fourth-order valence-corrected chi connectivity index (χ4v) is 2.80. The molecule has 0 aliphatic carbocycles. The van der Waals surface area contributed by atoms with Crippen LogP contribution < -0.4 is 15.2 Å². The van der Waals surface area contributed by atoms with Crippen LogP contribution in [0, 0.1) is 0 Å². The molecule has 1 aromatic heterocycles. The monoisotopic (exact) mass is 308 g/mol. The van der Waals surface area contributed by atoms with E-state index < -0.39 is 0 Å². The molecule has 0 saturated heterocycles. The second-order valence-corrected chi connectivity index (χ2v) is 5.69. The van der Waals surface area contributed by atoms with Crippen LogP contribution in [0.1, 0.15) is 31.7 Å². The molecule has 112 valence electrons. The Morgan fingerprint density at radius 1 is 1.19 bits per heavy atom. The number of aromatic nitrogens is 1. The molecule has 1 aliphatic heterocycles. The van der Waals surface area contributed by atoms with Crippen LogP contribution in [-0.4, -0.2) is 18.4 Å². The van der Waals surface area contributed by atoms with Gasteiger partial charge in [-0.3, -0.25) is 0 Å². The Kier molecular flexibility index (Phi) is 3.68. The van der Waals surface area contributed by atoms with E-state index in [0.29, 0.717) is 29.7 Å². The second-order valence-electron chi connectivity index (χ2n) is 5.29. The Morgan fingerprint density at radius 2 is 1.90 bits per heavy atom. The molecule has 0 fully saturated rings. The summed E-state index contributed by atoms with van der Waals surface area (Å²) in [6, 6.07) is 1.84. The van der Waals surface area contributed by atoms with Gasteiger partial charge in [0, 0.05) is 12.0 Å². The molecule has 1 aromatic carbocycles. The number of hydrogen-bond acceptors (Lipinski definition) is 5. The summed E-state index contributed by atoms with van der Waals surface area (Å²) in [7, 11) is 0. The molecule has 6 heteroatoms. The van der Waals surface area contributed by atoms with E-state index in [0.717, 1.165) is 23.1 Å². The topological polar surface area (TPSA) is 70.5 Å². The van der Waals surface area contributed by atoms with Gasteiger partial charge in [-0.15, -0.1) is 0 Å². The number of rotatable bonds is 2. The number of ether oxygens (including phenoxy) is 2. The van der Waals surface area contributed by atoms with Crippen molar-refractivity contribution < 1.29 is 14.0 Å². The molecule has 5 nitrogen and oxygen atoms in total. The summed E-state index contributed by atoms with van der Waals surface area (Å²) >= 11 is 6.37. The highest BCUT2D eigenvalue weighted by Gasteiger charge is 2.26. The fourth-order valence-electron chi connectivity index (χ4n) is 2.56. The first-order valence-corrected chi connectivity index (χ1v) is 7.30. The highest BCUT2D eigenvalue weighted by molar-refractivity contribution is 6.32. The number of halogens is 1. The van der Waals surface area contributed by atoms with Crippen LogP contribution in [-0.2, 0) is 0 Å². The zero-order valence-corrected chi connectivity index (χ0v) is 12.7. The first-order valence-electron chi connectivity index (χ1n) is 6.92. The summed E-state index contributed by atoms with van der Waals surface area (Å²) in [6.07, 6.45) is 2.42. The van der Waals surface area contributed by atoms with Gasteiger partial charge in [-0.25, -0.2) is 0 Å². The Hall–Kier alpha value is -1.88. The van der Waals surface area contributed by atoms with E-state index in [1.807, 2.05) is 6.07 Å². The van der Waals surface area contributed by atoms with E-state index in [2.05, 4.69) is 19.0 Å². The van der Waals surface area contributed by atoms with Crippen LogP contribution in [0.25, 0.3) is 11.1 Å². The first kappa shape index (κ1) is 14.1. The van der Waals surface area contributed by atoms with E-state index >= 15 is 0 Å². The molecule has 0 radical (unpaired) electrons. The van der Waals surface area contributed by atoms with Crippen LogP contribution >= 0.6 is 11.6 Å². The van der Waals surface area contributed by atoms with Crippen LogP contribution in [0.2, 0.25) is 5.02 Å². The Labute approximate surface area is 128 Å². The molecule has 2 heterocycles. The quantitative estimate of drug-likeness (QED) is 0.912. The van der Waals surface area contributed by atoms with Crippen molar-refractivity contribution in [3.05, 3.63) is 22.8 Å². The van der Waals surface area contributed by atoms with Gasteiger partial charge in [0.25, 0.3) is 0 Å². The minimum absolute atomic E-state index is 0.210. The average molecular weight is 309 g/mol. The lowest BCUT2D eigenvalue weighted by molar-refractivity contribution is 0.296. The summed E-state index contributed by atoms with van der Waals surface area (Å²) in [5.41, 5.74) is 8.45. The smallest absolute Gasteiger partial charge is 0.229 e. The fraction of sp³-hybridized carbons (Fsp3) is 0.400. The van der Waals surface area contributed by atoms with Crippen molar-refractivity contribution in [1.29, 1.82) is 0 Å². The maximum Gasteiger partial charge on any atom is 0.229 e. The van der Waals surface area contributed by atoms with Crippen molar-refractivity contribution in [2.75, 3.05) is 18.9 Å². The molecule has 0 unspecified atom stereocenters. The third-order valence-electron chi connectivity index (χ3n) is 3.48. The van der Waals surface area contributed by atoms with E-state index in [-0.39, 0.29) is 11.8 Å². The SMILES string of the molecule is CC(C)c1c(-c2cnoc2N)cc(Cl)c2c1OCCCO2. The van der Waals surface area contributed by atoms with Gasteiger partial charge >= 0.3 is 0 Å². The van der Waals surface area contributed by atoms with Crippen molar-refractivity contribution in [2.45, 2.75) is 26.2 Å². The molecule has 0 spiro atoms. The van der Waals surface area contributed by atoms with Crippen LogP contribution in [0.15, 0.2) is 16.8 Å². The van der Waals surface area contributed by atoms with E-state index in [4.69, 9.17) is 31.3 Å². The minimum Gasteiger partial charge on any atom is -0.489 e. The third kappa shape index (κ3) is 2.42. The van der Waals surface area contributed by atoms with Gasteiger partial charge in [-0.2, -0.15) is 0 Å². The Morgan fingerprint density at radius 3 is 2.52 bits per heavy atom. The van der Waals surface area contributed by atoms with Crippen LogP contribution in [0.5, 0.6) is 11.5 Å². The largest absolute Gasteiger partial charge is 0.489 e. The van der Waals surface area contributed by atoms with Crippen LogP contribution in [0.4, 0.5) is 5.88 Å². The lowest BCUT2D eigenvalue weighted by atomic mass is 9.92. The molecule has 0 bridgehead atoms. The molecule has 2 N–H and O–H groups in total. The molecule has 21 heavy (non-hydrogen) atoms. The van der Waals surface area contributed by atoms with Gasteiger partial charge in [-0.05, 0) is 17.5 Å². The number of nitrogens with zero attached hydrogens (tertiary/aromatic N) is 1. The molecule has 0 atom stereocenters. The summed E-state index contributed by atoms with van der Waals surface area (Å²) in [4.78, 5) is 0. The predicted molar refractivity (Wildman–Crippen MR) is 81.1 cm³/mol. The third-order valence-corrected chi connectivity index (χ3v) is 3.76. The Bertz CT molecular complexity index is 667. The van der Waals surface area contributed by atoms with Gasteiger partial charge < -0.3 is 19.7 Å². The summed E-state index contributed by atoms with van der Waals surface area (Å²) in [5, 5.41) is 4.25. The summed E-state index contributed by atoms with van der Waals surface area (Å²) in [6.45, 7) is 5.38. The lowest BCUT2D eigenvalue weighted by Crippen LogP contribution is -2.02. The van der Waals surface area contributed by atoms with Gasteiger partial charge in [0.05, 0.1) is 30.0 Å². The molecule has 0 amide bonds. The van der Waals surface area contributed by atoms with E-state index in [1.54, 1.807) is 6.20 Å². The summed E-state index contributed by atoms with van der Waals surface area (Å²) < 4.78 is 16.6. The number of nitrogens with two attached hydrogens (primary N) is 1. The lowest BCUT2D eigenvalue weighted by Gasteiger charge is -2.20. The maximum absolute atomic E-state index is 6.37. The Balaban J connectivity index is 2.28. The number of benzene rings is 1. The molecular formula is C15H17ClN2O3. The van der Waals surface area contributed by atoms with Gasteiger partial charge in [0.15, 0.2) is 11.5 Å². The molecule has 3 rings (SSSR count). The zero-order valence-electron chi connectivity index (χ0n) is 12.0. The van der Waals surface area contributed by atoms with Crippen molar-refractivity contribution >= 4 is 17.5 Å². The van der Waals surface area contributed by atoms with Crippen molar-refractivity contribution in [3.8, 4) is 22.6 Å². The second kappa shape index (κ2) is 5.48. The first-order chi connectivity index (χ1) is 10.1. The van der Waals surface area contributed by atoms with Crippen molar-refractivity contribution in [1.82, 2.24) is 5.16 Å². The number of anilines is 1. The molecular weight excluding hydrogens is 292 g/mol. The van der Waals surface area contributed by atoms with Gasteiger partial charge in [0.2, 0.25) is 5.88 Å². The maximum atomic E-state index is 6.37. The predicted octanol–water partition coefficient (Wildman–Crippen LogP) is 3.86. The zero-order chi connectivity index (χ0) is 15.0. The summed E-state index contributed by atoms with van der Waals surface area (Å²) in [5.74, 6) is 1.78. The van der Waals surface area contributed by atoms with Gasteiger partial charge in [0.1, 0.15) is 0 Å². The van der Waals surface area contributed by atoms with E-state index in [1.165, 1.54) is 0 Å². The molecule has 1 aliphatic rings. The number of fused-ring (bicyclic) bond motifs is 1. The average Bonchev–Trinajstić information content (AvgIpc) is 2.71. The highest BCUT2D eigenvalue weighted by atomic mass is 35.5. The van der Waals surface area contributed by atoms with Crippen LogP contribution in [0.3, 0.4) is 0 Å². The van der Waals surface area contributed by atoms with Crippen molar-refractivity contribution in [3.63, 3.8) is 0 Å². The normalized spacial score (nSPS) is 14.3.